The molecular formula is C17H17Cl2FN6O2. The quantitative estimate of drug-likeness (QED) is 0.600. The zero-order chi connectivity index (χ0) is 20.3. The molecule has 0 fully saturated rings. The minimum absolute atomic E-state index is 0.0330. The van der Waals surface area contributed by atoms with Gasteiger partial charge in [-0.25, -0.2) is 9.37 Å². The van der Waals surface area contributed by atoms with Gasteiger partial charge in [-0.2, -0.15) is 4.98 Å². The number of alkyl halides is 1. The number of aromatic nitrogens is 4. The molecular weight excluding hydrogens is 410 g/mol. The number of pyridine rings is 2. The summed E-state index contributed by atoms with van der Waals surface area (Å²) in [5, 5.41) is 6.36. The molecule has 0 bridgehead atoms. The van der Waals surface area contributed by atoms with Gasteiger partial charge in [-0.05, 0) is 13.0 Å². The van der Waals surface area contributed by atoms with Crippen LogP contribution < -0.4 is 15.4 Å². The van der Waals surface area contributed by atoms with Gasteiger partial charge in [-0.3, -0.25) is 14.3 Å². The average molecular weight is 427 g/mol. The van der Waals surface area contributed by atoms with Crippen molar-refractivity contribution in [3.8, 4) is 5.88 Å². The minimum atomic E-state index is -0.703. The van der Waals surface area contributed by atoms with E-state index in [0.29, 0.717) is 39.4 Å². The largest absolute Gasteiger partial charge is 0.474 e. The summed E-state index contributed by atoms with van der Waals surface area (Å²) < 4.78 is 19.5. The lowest BCUT2D eigenvalue weighted by Crippen LogP contribution is -2.24. The zero-order valence-electron chi connectivity index (χ0n) is 15.1. The Morgan fingerprint density at radius 3 is 2.64 bits per heavy atom. The number of fused-ring (bicyclic) bond motifs is 1. The first-order valence-electron chi connectivity index (χ1n) is 8.36. The van der Waals surface area contributed by atoms with E-state index in [1.807, 2.05) is 0 Å². The van der Waals surface area contributed by atoms with Gasteiger partial charge in [0.05, 0.1) is 15.7 Å². The van der Waals surface area contributed by atoms with Gasteiger partial charge >= 0.3 is 0 Å². The molecule has 0 aliphatic carbocycles. The van der Waals surface area contributed by atoms with Crippen molar-refractivity contribution in [3.63, 3.8) is 0 Å². The number of amides is 1. The predicted molar refractivity (Wildman–Crippen MR) is 106 cm³/mol. The van der Waals surface area contributed by atoms with Gasteiger partial charge < -0.3 is 15.4 Å². The Bertz CT molecular complexity index is 1010. The average Bonchev–Trinajstić information content (AvgIpc) is 2.97. The van der Waals surface area contributed by atoms with E-state index < -0.39 is 6.67 Å². The summed E-state index contributed by atoms with van der Waals surface area (Å²) in [6.45, 7) is 1.30. The van der Waals surface area contributed by atoms with E-state index in [1.165, 1.54) is 12.4 Å². The molecule has 0 aliphatic heterocycles. The smallest absolute Gasteiger partial charge is 0.256 e. The van der Waals surface area contributed by atoms with E-state index in [9.17, 15) is 9.18 Å². The van der Waals surface area contributed by atoms with Crippen molar-refractivity contribution in [1.29, 1.82) is 0 Å². The summed E-state index contributed by atoms with van der Waals surface area (Å²) in [5.41, 5.74) is 1.49. The number of nitrogens with one attached hydrogen (secondary N) is 2. The summed E-state index contributed by atoms with van der Waals surface area (Å²) >= 11 is 12.3. The van der Waals surface area contributed by atoms with Gasteiger partial charge in [0.1, 0.15) is 24.4 Å². The Hall–Kier alpha value is -2.65. The number of hydrogen-bond donors (Lipinski definition) is 2. The molecule has 2 N–H and O–H groups in total. The number of imidazole rings is 1. The Morgan fingerprint density at radius 2 is 2.00 bits per heavy atom. The lowest BCUT2D eigenvalue weighted by Gasteiger charge is -2.10. The van der Waals surface area contributed by atoms with Gasteiger partial charge in [0.25, 0.3) is 5.91 Å². The molecule has 0 aliphatic rings. The van der Waals surface area contributed by atoms with Crippen molar-refractivity contribution in [1.82, 2.24) is 24.8 Å². The van der Waals surface area contributed by atoms with Crippen LogP contribution in [0.2, 0.25) is 10.0 Å². The second-order valence-corrected chi connectivity index (χ2v) is 6.49. The third-order valence-corrected chi connectivity index (χ3v) is 4.37. The first-order valence-corrected chi connectivity index (χ1v) is 9.12. The molecule has 0 saturated heterocycles. The fourth-order valence-corrected chi connectivity index (χ4v) is 2.97. The van der Waals surface area contributed by atoms with E-state index in [2.05, 4.69) is 25.6 Å². The molecule has 0 spiro atoms. The maximum absolute atomic E-state index is 12.6. The number of carbonyl (C=O) groups excluding carboxylic acids is 1. The molecule has 0 unspecified atom stereocenters. The molecule has 0 saturated carbocycles. The highest BCUT2D eigenvalue weighted by Crippen LogP contribution is 2.32. The summed E-state index contributed by atoms with van der Waals surface area (Å²) in [6.07, 6.45) is 2.90. The van der Waals surface area contributed by atoms with Gasteiger partial charge in [-0.15, -0.1) is 0 Å². The first kappa shape index (κ1) is 20.1. The number of carbonyl (C=O) groups is 1. The normalized spacial score (nSPS) is 10.9. The molecule has 0 aromatic carbocycles. The number of aryl methyl sites for hydroxylation is 1. The fourth-order valence-electron chi connectivity index (χ4n) is 2.51. The highest BCUT2D eigenvalue weighted by Gasteiger charge is 2.20. The molecule has 28 heavy (non-hydrogen) atoms. The van der Waals surface area contributed by atoms with Crippen LogP contribution in [-0.4, -0.2) is 45.3 Å². The van der Waals surface area contributed by atoms with Crippen LogP contribution in [0.4, 0.5) is 16.0 Å². The van der Waals surface area contributed by atoms with Crippen LogP contribution in [0, 0.1) is 0 Å². The van der Waals surface area contributed by atoms with Crippen LogP contribution in [0.1, 0.15) is 17.3 Å². The Balaban J connectivity index is 2.07. The molecule has 11 heteroatoms. The van der Waals surface area contributed by atoms with Crippen LogP contribution in [0.15, 0.2) is 18.5 Å². The number of halogens is 3. The summed E-state index contributed by atoms with van der Waals surface area (Å²) in [4.78, 5) is 25.0. The topological polar surface area (TPSA) is 94.0 Å². The second kappa shape index (κ2) is 8.57. The summed E-state index contributed by atoms with van der Waals surface area (Å²) in [5.74, 6) is 0.0405. The van der Waals surface area contributed by atoms with Gasteiger partial charge in [0.2, 0.25) is 11.8 Å². The Morgan fingerprint density at radius 1 is 1.29 bits per heavy atom. The van der Waals surface area contributed by atoms with Crippen molar-refractivity contribution >= 4 is 51.9 Å². The maximum Gasteiger partial charge on any atom is 0.256 e. The number of ether oxygens (including phenoxy) is 1. The van der Waals surface area contributed by atoms with Crippen molar-refractivity contribution in [2.45, 2.75) is 6.92 Å². The molecule has 3 rings (SSSR count). The van der Waals surface area contributed by atoms with Gasteiger partial charge in [0, 0.05) is 26.0 Å². The van der Waals surface area contributed by atoms with E-state index >= 15 is 0 Å². The molecule has 0 radical (unpaired) electrons. The van der Waals surface area contributed by atoms with Crippen LogP contribution in [0.25, 0.3) is 11.2 Å². The van der Waals surface area contributed by atoms with E-state index in [4.69, 9.17) is 27.9 Å². The standard InChI is InChI=1S/C17H17Cl2FN6O2/c1-3-22-15(27)9-6-12-14(25-16(9)28-5-4-20)26(2)17(23-12)24-13-10(18)7-21-8-11(13)19/h6-8H,3-5H2,1-2H3,(H,22,27)(H,21,23,24). The maximum atomic E-state index is 12.6. The molecule has 148 valence electrons. The zero-order valence-corrected chi connectivity index (χ0v) is 16.6. The molecule has 1 amide bonds. The first-order chi connectivity index (χ1) is 13.5. The third kappa shape index (κ3) is 3.95. The third-order valence-electron chi connectivity index (χ3n) is 3.80. The summed E-state index contributed by atoms with van der Waals surface area (Å²) in [7, 11) is 1.72. The van der Waals surface area contributed by atoms with Crippen molar-refractivity contribution in [3.05, 3.63) is 34.1 Å². The van der Waals surface area contributed by atoms with E-state index in [-0.39, 0.29) is 24.0 Å². The van der Waals surface area contributed by atoms with Crippen LogP contribution in [0.3, 0.4) is 0 Å². The minimum Gasteiger partial charge on any atom is -0.474 e. The monoisotopic (exact) mass is 426 g/mol. The molecule has 8 nitrogen and oxygen atoms in total. The van der Waals surface area contributed by atoms with Crippen LogP contribution in [-0.2, 0) is 7.05 Å². The number of rotatable bonds is 7. The van der Waals surface area contributed by atoms with Gasteiger partial charge in [0.15, 0.2) is 5.65 Å². The Labute approximate surface area is 170 Å². The lowest BCUT2D eigenvalue weighted by molar-refractivity contribution is 0.0950. The molecule has 3 aromatic heterocycles. The van der Waals surface area contributed by atoms with E-state index in [0.717, 1.165) is 0 Å². The summed E-state index contributed by atoms with van der Waals surface area (Å²) in [6, 6.07) is 1.54. The van der Waals surface area contributed by atoms with Crippen molar-refractivity contribution in [2.75, 3.05) is 25.1 Å². The van der Waals surface area contributed by atoms with Crippen LogP contribution in [0.5, 0.6) is 5.88 Å². The van der Waals surface area contributed by atoms with Crippen LogP contribution >= 0.6 is 23.2 Å². The number of nitrogens with zero attached hydrogens (tertiary/aromatic N) is 4. The van der Waals surface area contributed by atoms with Gasteiger partial charge in [-0.1, -0.05) is 23.2 Å². The number of hydrogen-bond acceptors (Lipinski definition) is 6. The lowest BCUT2D eigenvalue weighted by atomic mass is 10.2. The van der Waals surface area contributed by atoms with Crippen molar-refractivity contribution < 1.29 is 13.9 Å². The predicted octanol–water partition coefficient (Wildman–Crippen LogP) is 3.51. The fraction of sp³-hybridized carbons (Fsp3) is 0.294. The highest BCUT2D eigenvalue weighted by atomic mass is 35.5. The molecule has 0 atom stereocenters. The highest BCUT2D eigenvalue weighted by molar-refractivity contribution is 6.39. The number of anilines is 2. The van der Waals surface area contributed by atoms with Crippen molar-refractivity contribution in [2.24, 2.45) is 7.05 Å². The second-order valence-electron chi connectivity index (χ2n) is 5.68. The molecule has 3 heterocycles. The SMILES string of the molecule is CCNC(=O)c1cc2nc(Nc3c(Cl)cncc3Cl)n(C)c2nc1OCCF. The Kier molecular flexibility index (Phi) is 6.15. The van der Waals surface area contributed by atoms with E-state index in [1.54, 1.807) is 24.6 Å². The molecule has 3 aromatic rings.